The van der Waals surface area contributed by atoms with Crippen LogP contribution in [0.25, 0.3) is 0 Å². The number of thiocarbonyl (C=S) groups is 1. The Bertz CT molecular complexity index is 542. The van der Waals surface area contributed by atoms with Crippen LogP contribution in [0.4, 0.5) is 0 Å². The molecule has 1 amide bonds. The van der Waals surface area contributed by atoms with Crippen LogP contribution < -0.4 is 15.8 Å². The van der Waals surface area contributed by atoms with Gasteiger partial charge >= 0.3 is 0 Å². The second kappa shape index (κ2) is 6.10. The minimum absolute atomic E-state index is 0.189. The first-order valence-electron chi connectivity index (χ1n) is 6.44. The number of ether oxygens (including phenoxy) is 1. The maximum Gasteiger partial charge on any atom is 0.253 e. The lowest BCUT2D eigenvalue weighted by Gasteiger charge is -2.29. The Balaban J connectivity index is 2.25. The van der Waals surface area contributed by atoms with E-state index < -0.39 is 5.54 Å². The van der Waals surface area contributed by atoms with E-state index in [1.54, 1.807) is 25.3 Å². The van der Waals surface area contributed by atoms with Gasteiger partial charge in [-0.3, -0.25) is 4.79 Å². The van der Waals surface area contributed by atoms with Crippen LogP contribution in [0.5, 0.6) is 5.75 Å². The van der Waals surface area contributed by atoms with Crippen molar-refractivity contribution in [3.05, 3.63) is 28.2 Å². The molecule has 4 nitrogen and oxygen atoms in total. The zero-order valence-electron chi connectivity index (χ0n) is 11.2. The molecule has 0 spiro atoms. The van der Waals surface area contributed by atoms with Gasteiger partial charge in [0.2, 0.25) is 0 Å². The highest BCUT2D eigenvalue weighted by Crippen LogP contribution is 2.31. The number of benzene rings is 1. The van der Waals surface area contributed by atoms with Gasteiger partial charge in [0, 0.05) is 4.47 Å². The summed E-state index contributed by atoms with van der Waals surface area (Å²) < 4.78 is 5.87. The summed E-state index contributed by atoms with van der Waals surface area (Å²) >= 11 is 8.53. The minimum Gasteiger partial charge on any atom is -0.497 e. The van der Waals surface area contributed by atoms with Crippen molar-refractivity contribution < 1.29 is 9.53 Å². The lowest BCUT2D eigenvalue weighted by atomic mass is 9.97. The van der Waals surface area contributed by atoms with Gasteiger partial charge < -0.3 is 15.8 Å². The smallest absolute Gasteiger partial charge is 0.253 e. The van der Waals surface area contributed by atoms with Crippen molar-refractivity contribution in [2.45, 2.75) is 31.2 Å². The first kappa shape index (κ1) is 15.3. The van der Waals surface area contributed by atoms with E-state index in [-0.39, 0.29) is 5.91 Å². The van der Waals surface area contributed by atoms with Gasteiger partial charge in [-0.2, -0.15) is 0 Å². The zero-order valence-corrected chi connectivity index (χ0v) is 13.6. The molecular weight excluding hydrogens is 340 g/mol. The fourth-order valence-corrected chi connectivity index (χ4v) is 3.18. The Kier molecular flexibility index (Phi) is 4.65. The van der Waals surface area contributed by atoms with E-state index in [1.165, 1.54) is 0 Å². The van der Waals surface area contributed by atoms with E-state index in [0.717, 1.165) is 25.7 Å². The molecular formula is C14H17BrN2O2S. The summed E-state index contributed by atoms with van der Waals surface area (Å²) in [4.78, 5) is 12.9. The number of methoxy groups -OCH3 is 1. The zero-order chi connectivity index (χ0) is 14.8. The number of amides is 1. The maximum atomic E-state index is 12.5. The molecule has 0 unspecified atom stereocenters. The number of nitrogens with one attached hydrogen (secondary N) is 1. The van der Waals surface area contributed by atoms with Crippen LogP contribution in [0.1, 0.15) is 36.0 Å². The van der Waals surface area contributed by atoms with Gasteiger partial charge in [0.15, 0.2) is 0 Å². The van der Waals surface area contributed by atoms with Crippen molar-refractivity contribution in [3.8, 4) is 5.75 Å². The lowest BCUT2D eigenvalue weighted by Crippen LogP contribution is -2.54. The quantitative estimate of drug-likeness (QED) is 0.814. The van der Waals surface area contributed by atoms with Gasteiger partial charge in [-0.1, -0.05) is 25.1 Å². The predicted molar refractivity (Wildman–Crippen MR) is 86.1 cm³/mol. The molecule has 108 valence electrons. The Morgan fingerprint density at radius 2 is 2.10 bits per heavy atom. The molecule has 0 heterocycles. The number of nitrogens with two attached hydrogens (primary N) is 1. The summed E-state index contributed by atoms with van der Waals surface area (Å²) in [6.07, 6.45) is 3.65. The number of halogens is 1. The van der Waals surface area contributed by atoms with Crippen molar-refractivity contribution in [2.24, 2.45) is 5.73 Å². The van der Waals surface area contributed by atoms with Gasteiger partial charge in [-0.05, 0) is 47.0 Å². The van der Waals surface area contributed by atoms with Crippen LogP contribution in [-0.4, -0.2) is 23.5 Å². The summed E-state index contributed by atoms with van der Waals surface area (Å²) in [5.41, 5.74) is 5.81. The Labute approximate surface area is 132 Å². The summed E-state index contributed by atoms with van der Waals surface area (Å²) in [5.74, 6) is 0.444. The molecule has 20 heavy (non-hydrogen) atoms. The number of carbonyl (C=O) groups excluding carboxylic acids is 1. The molecule has 3 N–H and O–H groups in total. The molecule has 1 aromatic rings. The van der Waals surface area contributed by atoms with Crippen molar-refractivity contribution in [1.82, 2.24) is 5.32 Å². The highest BCUT2D eigenvalue weighted by atomic mass is 79.9. The summed E-state index contributed by atoms with van der Waals surface area (Å²) in [6.45, 7) is 0. The van der Waals surface area contributed by atoms with Crippen LogP contribution in [-0.2, 0) is 0 Å². The van der Waals surface area contributed by atoms with Gasteiger partial charge in [0.05, 0.1) is 23.2 Å². The molecule has 0 aliphatic heterocycles. The molecule has 0 atom stereocenters. The van der Waals surface area contributed by atoms with Crippen molar-refractivity contribution >= 4 is 39.0 Å². The van der Waals surface area contributed by atoms with E-state index in [2.05, 4.69) is 21.2 Å². The number of carbonyl (C=O) groups is 1. The van der Waals surface area contributed by atoms with Crippen LogP contribution in [0.2, 0.25) is 0 Å². The van der Waals surface area contributed by atoms with E-state index in [4.69, 9.17) is 22.7 Å². The molecule has 0 radical (unpaired) electrons. The largest absolute Gasteiger partial charge is 0.497 e. The average molecular weight is 357 g/mol. The number of hydrogen-bond acceptors (Lipinski definition) is 3. The second-order valence-electron chi connectivity index (χ2n) is 4.95. The van der Waals surface area contributed by atoms with E-state index >= 15 is 0 Å². The third-order valence-electron chi connectivity index (χ3n) is 3.70. The molecule has 1 aliphatic carbocycles. The summed E-state index contributed by atoms with van der Waals surface area (Å²) in [6, 6.07) is 5.28. The average Bonchev–Trinajstić information content (AvgIpc) is 2.89. The van der Waals surface area contributed by atoms with Crippen molar-refractivity contribution in [1.29, 1.82) is 0 Å². The molecule has 0 bridgehead atoms. The molecule has 1 fully saturated rings. The fourth-order valence-electron chi connectivity index (χ4n) is 2.50. The Hall–Kier alpha value is -1.14. The highest BCUT2D eigenvalue weighted by Gasteiger charge is 2.38. The molecule has 0 saturated heterocycles. The number of rotatable bonds is 4. The molecule has 0 aromatic heterocycles. The third kappa shape index (κ3) is 2.96. The fraction of sp³-hybridized carbons (Fsp3) is 0.429. The van der Waals surface area contributed by atoms with Crippen LogP contribution in [0.3, 0.4) is 0 Å². The molecule has 1 aromatic carbocycles. The number of hydrogen-bond donors (Lipinski definition) is 2. The summed E-state index contributed by atoms with van der Waals surface area (Å²) in [7, 11) is 1.57. The molecule has 1 saturated carbocycles. The van der Waals surface area contributed by atoms with Crippen LogP contribution in [0, 0.1) is 0 Å². The standard InChI is InChI=1S/C14H17BrN2O2S/c1-19-9-4-5-11(15)10(8-9)12(18)17-14(13(16)20)6-2-3-7-14/h4-5,8H,2-3,6-7H2,1H3,(H2,16,20)(H,17,18). The topological polar surface area (TPSA) is 64.3 Å². The second-order valence-corrected chi connectivity index (χ2v) is 6.25. The van der Waals surface area contributed by atoms with E-state index in [0.29, 0.717) is 20.8 Å². The van der Waals surface area contributed by atoms with Gasteiger partial charge in [-0.15, -0.1) is 0 Å². The lowest BCUT2D eigenvalue weighted by molar-refractivity contribution is 0.0923. The van der Waals surface area contributed by atoms with Gasteiger partial charge in [0.25, 0.3) is 5.91 Å². The van der Waals surface area contributed by atoms with E-state index in [1.807, 2.05) is 0 Å². The van der Waals surface area contributed by atoms with Crippen molar-refractivity contribution in [3.63, 3.8) is 0 Å². The Morgan fingerprint density at radius 1 is 1.45 bits per heavy atom. The normalized spacial score (nSPS) is 16.7. The first-order valence-corrected chi connectivity index (χ1v) is 7.64. The van der Waals surface area contributed by atoms with Crippen LogP contribution >= 0.6 is 28.1 Å². The van der Waals surface area contributed by atoms with Crippen LogP contribution in [0.15, 0.2) is 22.7 Å². The van der Waals surface area contributed by atoms with Crippen molar-refractivity contribution in [2.75, 3.05) is 7.11 Å². The van der Waals surface area contributed by atoms with E-state index in [9.17, 15) is 4.79 Å². The monoisotopic (exact) mass is 356 g/mol. The predicted octanol–water partition coefficient (Wildman–Crippen LogP) is 2.79. The highest BCUT2D eigenvalue weighted by molar-refractivity contribution is 9.10. The maximum absolute atomic E-state index is 12.5. The minimum atomic E-state index is -0.547. The first-order chi connectivity index (χ1) is 9.48. The molecule has 6 heteroatoms. The Morgan fingerprint density at radius 3 is 2.65 bits per heavy atom. The SMILES string of the molecule is COc1ccc(Br)c(C(=O)NC2(C(N)=S)CCCC2)c1. The third-order valence-corrected chi connectivity index (χ3v) is 4.78. The summed E-state index contributed by atoms with van der Waals surface area (Å²) in [5, 5.41) is 3.01. The van der Waals surface area contributed by atoms with Gasteiger partial charge in [-0.25, -0.2) is 0 Å². The molecule has 2 rings (SSSR count). The van der Waals surface area contributed by atoms with Gasteiger partial charge in [0.1, 0.15) is 5.75 Å². The molecule has 1 aliphatic rings.